The van der Waals surface area contributed by atoms with Crippen molar-refractivity contribution in [3.05, 3.63) is 51.7 Å². The monoisotopic (exact) mass is 557 g/mol. The molecule has 0 spiro atoms. The summed E-state index contributed by atoms with van der Waals surface area (Å²) in [6, 6.07) is 6.81. The molecule has 1 aliphatic carbocycles. The van der Waals surface area contributed by atoms with E-state index in [9.17, 15) is 14.4 Å². The zero-order valence-corrected chi connectivity index (χ0v) is 23.3. The van der Waals surface area contributed by atoms with E-state index in [2.05, 4.69) is 20.8 Å². The number of nitrogens with zero attached hydrogens (tertiary/aromatic N) is 3. The molecular weight excluding hydrogens is 526 g/mol. The van der Waals surface area contributed by atoms with Gasteiger partial charge in [0.25, 0.3) is 5.91 Å². The zero-order valence-electron chi connectivity index (χ0n) is 21.7. The van der Waals surface area contributed by atoms with E-state index in [-0.39, 0.29) is 36.7 Å². The van der Waals surface area contributed by atoms with E-state index >= 15 is 0 Å². The van der Waals surface area contributed by atoms with Gasteiger partial charge in [-0.15, -0.1) is 21.5 Å². The number of thioether (sulfide) groups is 1. The number of esters is 1. The fraction of sp³-hybridized carbons (Fsp3) is 0.423. The number of hydrogen-bond acceptors (Lipinski definition) is 9. The molecule has 2 N–H and O–H groups in total. The van der Waals surface area contributed by atoms with Crippen molar-refractivity contribution in [2.45, 2.75) is 50.7 Å². The van der Waals surface area contributed by atoms with Crippen LogP contribution >= 0.6 is 23.1 Å². The molecule has 1 aromatic carbocycles. The molecule has 10 nitrogen and oxygen atoms in total. The van der Waals surface area contributed by atoms with Gasteiger partial charge < -0.3 is 24.7 Å². The molecule has 3 aromatic rings. The third-order valence-electron chi connectivity index (χ3n) is 6.17. The summed E-state index contributed by atoms with van der Waals surface area (Å²) in [5, 5.41) is 15.2. The first-order valence-corrected chi connectivity index (χ1v) is 14.3. The van der Waals surface area contributed by atoms with Crippen LogP contribution in [0.15, 0.2) is 29.4 Å². The highest BCUT2D eigenvalue weighted by Gasteiger charge is 2.26. The van der Waals surface area contributed by atoms with Gasteiger partial charge >= 0.3 is 5.97 Å². The lowest BCUT2D eigenvalue weighted by Crippen LogP contribution is -2.24. The summed E-state index contributed by atoms with van der Waals surface area (Å²) in [6.07, 6.45) is 4.96. The third kappa shape index (κ3) is 6.54. The number of amides is 2. The minimum Gasteiger partial charge on any atom is -0.497 e. The highest BCUT2D eigenvalue weighted by molar-refractivity contribution is 7.99. The lowest BCUT2D eigenvalue weighted by Gasteiger charge is -2.09. The van der Waals surface area contributed by atoms with Gasteiger partial charge in [-0.05, 0) is 62.4 Å². The molecule has 12 heteroatoms. The molecule has 38 heavy (non-hydrogen) atoms. The molecule has 0 radical (unpaired) electrons. The van der Waals surface area contributed by atoms with Crippen molar-refractivity contribution < 1.29 is 23.9 Å². The Morgan fingerprint density at radius 1 is 1.11 bits per heavy atom. The van der Waals surface area contributed by atoms with E-state index in [1.807, 2.05) is 0 Å². The minimum atomic E-state index is -0.385. The number of methoxy groups -OCH3 is 1. The summed E-state index contributed by atoms with van der Waals surface area (Å²) in [5.74, 6) is 0.456. The molecule has 2 heterocycles. The van der Waals surface area contributed by atoms with Crippen LogP contribution in [0.3, 0.4) is 0 Å². The molecule has 1 aliphatic rings. The van der Waals surface area contributed by atoms with Crippen LogP contribution in [0, 0.1) is 0 Å². The highest BCUT2D eigenvalue weighted by atomic mass is 32.2. The average Bonchev–Trinajstić information content (AvgIpc) is 3.35. The quantitative estimate of drug-likeness (QED) is 0.218. The topological polar surface area (TPSA) is 124 Å². The van der Waals surface area contributed by atoms with Gasteiger partial charge in [-0.2, -0.15) is 0 Å². The molecule has 0 saturated carbocycles. The number of carbonyl (C=O) groups excluding carboxylic acids is 3. The molecule has 0 atom stereocenters. The molecule has 2 amide bonds. The molecular formula is C26H31N5O5S2. The molecule has 0 saturated heterocycles. The van der Waals surface area contributed by atoms with Crippen molar-refractivity contribution in [1.82, 2.24) is 20.1 Å². The molecule has 0 aliphatic heterocycles. The number of rotatable bonds is 10. The number of hydrogen-bond donors (Lipinski definition) is 2. The second kappa shape index (κ2) is 12.9. The van der Waals surface area contributed by atoms with E-state index in [4.69, 9.17) is 9.47 Å². The summed E-state index contributed by atoms with van der Waals surface area (Å²) < 4.78 is 12.2. The number of aromatic nitrogens is 3. The van der Waals surface area contributed by atoms with Crippen LogP contribution in [0.5, 0.6) is 5.75 Å². The summed E-state index contributed by atoms with van der Waals surface area (Å²) in [6.45, 7) is 2.24. The van der Waals surface area contributed by atoms with Gasteiger partial charge in [0.1, 0.15) is 10.8 Å². The van der Waals surface area contributed by atoms with Crippen LogP contribution in [0.25, 0.3) is 0 Å². The SMILES string of the molecule is CCOC(=O)c1c(NC(=O)CSc2nnc(CNC(=O)c3ccc(OC)cc3)n2C)sc2c1CCCCC2. The second-order valence-corrected chi connectivity index (χ2v) is 10.7. The van der Waals surface area contributed by atoms with Crippen LogP contribution in [-0.2, 0) is 36.0 Å². The van der Waals surface area contributed by atoms with E-state index in [1.54, 1.807) is 49.9 Å². The number of carbonyl (C=O) groups is 3. The summed E-state index contributed by atoms with van der Waals surface area (Å²) in [4.78, 5) is 39.1. The third-order valence-corrected chi connectivity index (χ3v) is 8.40. The fourth-order valence-electron chi connectivity index (χ4n) is 4.17. The fourth-order valence-corrected chi connectivity index (χ4v) is 6.19. The zero-order chi connectivity index (χ0) is 27.1. The summed E-state index contributed by atoms with van der Waals surface area (Å²) in [7, 11) is 3.35. The minimum absolute atomic E-state index is 0.0923. The van der Waals surface area contributed by atoms with Crippen LogP contribution in [-0.4, -0.2) is 52.0 Å². The van der Waals surface area contributed by atoms with Gasteiger partial charge in [0.05, 0.1) is 31.6 Å². The van der Waals surface area contributed by atoms with Crippen LogP contribution in [0.1, 0.15) is 63.2 Å². The standard InChI is InChI=1S/C26H31N5O5S2/c1-4-36-25(34)22-18-8-6-5-7-9-19(18)38-24(22)28-21(32)15-37-26-30-29-20(31(26)2)14-27-23(33)16-10-12-17(35-3)13-11-16/h10-13H,4-9,14-15H2,1-3H3,(H,27,33)(H,28,32). The Morgan fingerprint density at radius 3 is 2.61 bits per heavy atom. The maximum Gasteiger partial charge on any atom is 0.341 e. The lowest BCUT2D eigenvalue weighted by atomic mass is 10.1. The predicted molar refractivity (Wildman–Crippen MR) is 146 cm³/mol. The Morgan fingerprint density at radius 2 is 1.87 bits per heavy atom. The molecule has 2 aromatic heterocycles. The number of fused-ring (bicyclic) bond motifs is 1. The normalized spacial score (nSPS) is 12.8. The highest BCUT2D eigenvalue weighted by Crippen LogP contribution is 2.38. The van der Waals surface area contributed by atoms with Crippen molar-refractivity contribution in [3.63, 3.8) is 0 Å². The second-order valence-electron chi connectivity index (χ2n) is 8.69. The van der Waals surface area contributed by atoms with Gasteiger partial charge in [0.15, 0.2) is 11.0 Å². The molecule has 0 unspecified atom stereocenters. The van der Waals surface area contributed by atoms with Gasteiger partial charge in [-0.3, -0.25) is 9.59 Å². The van der Waals surface area contributed by atoms with Crippen LogP contribution < -0.4 is 15.4 Å². The average molecular weight is 558 g/mol. The number of aryl methyl sites for hydroxylation is 1. The first-order valence-electron chi connectivity index (χ1n) is 12.5. The Bertz CT molecular complexity index is 1300. The molecule has 0 fully saturated rings. The first-order chi connectivity index (χ1) is 18.4. The maximum atomic E-state index is 12.8. The lowest BCUT2D eigenvalue weighted by molar-refractivity contribution is -0.113. The van der Waals surface area contributed by atoms with E-state index in [0.717, 1.165) is 42.5 Å². The summed E-state index contributed by atoms with van der Waals surface area (Å²) >= 11 is 2.71. The largest absolute Gasteiger partial charge is 0.497 e. The maximum absolute atomic E-state index is 12.8. The Kier molecular flexibility index (Phi) is 9.40. The molecule has 4 rings (SSSR count). The number of nitrogens with one attached hydrogen (secondary N) is 2. The van der Waals surface area contributed by atoms with Gasteiger partial charge in [-0.25, -0.2) is 4.79 Å². The first kappa shape index (κ1) is 27.6. The van der Waals surface area contributed by atoms with Crippen molar-refractivity contribution in [1.29, 1.82) is 0 Å². The number of thiophene rings is 1. The van der Waals surface area contributed by atoms with Gasteiger partial charge in [0.2, 0.25) is 5.91 Å². The van der Waals surface area contributed by atoms with Gasteiger partial charge in [-0.1, -0.05) is 18.2 Å². The predicted octanol–water partition coefficient (Wildman–Crippen LogP) is 3.99. The van der Waals surface area contributed by atoms with E-state index < -0.39 is 0 Å². The van der Waals surface area contributed by atoms with E-state index in [1.165, 1.54) is 23.1 Å². The number of ether oxygens (including phenoxy) is 2. The van der Waals surface area contributed by atoms with Crippen molar-refractivity contribution in [2.75, 3.05) is 24.8 Å². The molecule has 0 bridgehead atoms. The van der Waals surface area contributed by atoms with Crippen molar-refractivity contribution in [2.24, 2.45) is 7.05 Å². The Balaban J connectivity index is 1.35. The Hall–Kier alpha value is -3.38. The smallest absolute Gasteiger partial charge is 0.341 e. The summed E-state index contributed by atoms with van der Waals surface area (Å²) in [5.41, 5.74) is 2.02. The van der Waals surface area contributed by atoms with Crippen LogP contribution in [0.4, 0.5) is 5.00 Å². The van der Waals surface area contributed by atoms with Crippen molar-refractivity contribution in [3.8, 4) is 5.75 Å². The molecule has 202 valence electrons. The van der Waals surface area contributed by atoms with Crippen LogP contribution in [0.2, 0.25) is 0 Å². The van der Waals surface area contributed by atoms with E-state index in [0.29, 0.717) is 32.9 Å². The Labute approximate surface area is 229 Å². The number of anilines is 1. The van der Waals surface area contributed by atoms with Crippen molar-refractivity contribution >= 4 is 45.9 Å². The number of benzene rings is 1. The van der Waals surface area contributed by atoms with Gasteiger partial charge in [0, 0.05) is 17.5 Å².